The first-order valence-corrected chi connectivity index (χ1v) is 8.14. The number of thiazole rings is 2. The fraction of sp³-hybridized carbons (Fsp3) is 0.0714. The molecule has 2 aromatic heterocycles. The summed E-state index contributed by atoms with van der Waals surface area (Å²) in [6.07, 6.45) is -4.56. The second-order valence-corrected chi connectivity index (χ2v) is 6.25. The van der Waals surface area contributed by atoms with Crippen LogP contribution in [0.25, 0.3) is 10.6 Å². The van der Waals surface area contributed by atoms with Crippen LogP contribution in [0, 0.1) is 5.82 Å². The topological polar surface area (TPSA) is 54.9 Å². The first-order chi connectivity index (χ1) is 11.3. The summed E-state index contributed by atoms with van der Waals surface area (Å²) in [7, 11) is 0. The molecular formula is C14H7F4N3OS2. The minimum absolute atomic E-state index is 0.0445. The van der Waals surface area contributed by atoms with E-state index in [0.717, 1.165) is 5.38 Å². The van der Waals surface area contributed by atoms with Crippen molar-refractivity contribution in [1.29, 1.82) is 0 Å². The van der Waals surface area contributed by atoms with Crippen LogP contribution in [0.2, 0.25) is 0 Å². The number of anilines is 1. The molecule has 0 aliphatic heterocycles. The molecule has 1 amide bonds. The first-order valence-electron chi connectivity index (χ1n) is 6.38. The molecule has 0 fully saturated rings. The number of amides is 1. The van der Waals surface area contributed by atoms with Gasteiger partial charge in [0.15, 0.2) is 10.8 Å². The Morgan fingerprint density at radius 3 is 2.38 bits per heavy atom. The van der Waals surface area contributed by atoms with Gasteiger partial charge in [-0.1, -0.05) is 0 Å². The second kappa shape index (κ2) is 6.29. The van der Waals surface area contributed by atoms with Crippen molar-refractivity contribution in [2.24, 2.45) is 0 Å². The molecule has 0 aliphatic carbocycles. The molecule has 24 heavy (non-hydrogen) atoms. The molecule has 124 valence electrons. The van der Waals surface area contributed by atoms with Gasteiger partial charge in [0.05, 0.1) is 0 Å². The zero-order valence-electron chi connectivity index (χ0n) is 11.6. The van der Waals surface area contributed by atoms with E-state index in [9.17, 15) is 22.4 Å². The molecule has 0 unspecified atom stereocenters. The van der Waals surface area contributed by atoms with Gasteiger partial charge in [0.1, 0.15) is 16.5 Å². The zero-order chi connectivity index (χ0) is 17.3. The lowest BCUT2D eigenvalue weighted by atomic mass is 10.2. The molecule has 0 bridgehead atoms. The SMILES string of the molecule is O=C(Nc1nc(C(F)(F)F)cs1)c1csc(-c2ccc(F)cc2)n1. The maximum Gasteiger partial charge on any atom is 0.434 e. The number of carbonyl (C=O) groups excluding carboxylic acids is 1. The quantitative estimate of drug-likeness (QED) is 0.679. The lowest BCUT2D eigenvalue weighted by Crippen LogP contribution is -2.13. The molecule has 0 radical (unpaired) electrons. The molecule has 2 heterocycles. The van der Waals surface area contributed by atoms with Crippen molar-refractivity contribution in [1.82, 2.24) is 9.97 Å². The maximum absolute atomic E-state index is 12.9. The van der Waals surface area contributed by atoms with Crippen molar-refractivity contribution in [3.63, 3.8) is 0 Å². The number of nitrogens with zero attached hydrogens (tertiary/aromatic N) is 2. The Kier molecular flexibility index (Phi) is 4.33. The van der Waals surface area contributed by atoms with Gasteiger partial charge in [-0.3, -0.25) is 10.1 Å². The fourth-order valence-electron chi connectivity index (χ4n) is 1.73. The monoisotopic (exact) mass is 373 g/mol. The smallest absolute Gasteiger partial charge is 0.296 e. The minimum Gasteiger partial charge on any atom is -0.296 e. The summed E-state index contributed by atoms with van der Waals surface area (Å²) in [5, 5.41) is 4.89. The van der Waals surface area contributed by atoms with Crippen LogP contribution in [0.4, 0.5) is 22.7 Å². The van der Waals surface area contributed by atoms with Gasteiger partial charge in [0.2, 0.25) is 0 Å². The van der Waals surface area contributed by atoms with Crippen LogP contribution >= 0.6 is 22.7 Å². The highest BCUT2D eigenvalue weighted by Crippen LogP contribution is 2.32. The number of halogens is 4. The van der Waals surface area contributed by atoms with Crippen LogP contribution < -0.4 is 5.32 Å². The van der Waals surface area contributed by atoms with Crippen molar-refractivity contribution < 1.29 is 22.4 Å². The Hall–Kier alpha value is -2.33. The lowest BCUT2D eigenvalue weighted by molar-refractivity contribution is -0.140. The Morgan fingerprint density at radius 2 is 1.75 bits per heavy atom. The van der Waals surface area contributed by atoms with Gasteiger partial charge in [0.25, 0.3) is 5.91 Å². The molecule has 1 aromatic carbocycles. The third-order valence-corrected chi connectivity index (χ3v) is 4.49. The van der Waals surface area contributed by atoms with Gasteiger partial charge in [0, 0.05) is 16.3 Å². The third kappa shape index (κ3) is 3.60. The number of hydrogen-bond acceptors (Lipinski definition) is 5. The van der Waals surface area contributed by atoms with Crippen LogP contribution in [0.5, 0.6) is 0 Å². The third-order valence-electron chi connectivity index (χ3n) is 2.84. The highest BCUT2D eigenvalue weighted by atomic mass is 32.1. The largest absolute Gasteiger partial charge is 0.434 e. The molecule has 1 N–H and O–H groups in total. The fourth-order valence-corrected chi connectivity index (χ4v) is 3.24. The van der Waals surface area contributed by atoms with E-state index in [1.807, 2.05) is 0 Å². The highest BCUT2D eigenvalue weighted by molar-refractivity contribution is 7.14. The predicted octanol–water partition coefficient (Wildman–Crippen LogP) is 4.68. The molecule has 0 saturated heterocycles. The Bertz CT molecular complexity index is 871. The average molecular weight is 373 g/mol. The maximum atomic E-state index is 12.9. The number of nitrogens with one attached hydrogen (secondary N) is 1. The van der Waals surface area contributed by atoms with E-state index in [1.54, 1.807) is 0 Å². The van der Waals surface area contributed by atoms with Gasteiger partial charge in [-0.15, -0.1) is 22.7 Å². The van der Waals surface area contributed by atoms with E-state index in [1.165, 1.54) is 41.0 Å². The summed E-state index contributed by atoms with van der Waals surface area (Å²) >= 11 is 1.84. The number of benzene rings is 1. The van der Waals surface area contributed by atoms with E-state index in [2.05, 4.69) is 15.3 Å². The van der Waals surface area contributed by atoms with Crippen LogP contribution in [-0.2, 0) is 6.18 Å². The number of rotatable bonds is 3. The average Bonchev–Trinajstić information content (AvgIpc) is 3.16. The van der Waals surface area contributed by atoms with Gasteiger partial charge in [-0.05, 0) is 24.3 Å². The normalized spacial score (nSPS) is 11.5. The molecular weight excluding hydrogens is 366 g/mol. The molecule has 3 rings (SSSR count). The van der Waals surface area contributed by atoms with Crippen molar-refractivity contribution in [3.05, 3.63) is 52.2 Å². The number of carbonyl (C=O) groups is 1. The Balaban J connectivity index is 1.74. The standard InChI is InChI=1S/C14H7F4N3OS2/c15-8-3-1-7(2-4-8)12-19-9(5-23-12)11(22)21-13-20-10(6-24-13)14(16,17)18/h1-6H,(H,20,21,22). The minimum atomic E-state index is -4.56. The molecule has 0 atom stereocenters. The molecule has 3 aromatic rings. The first kappa shape index (κ1) is 16.5. The molecule has 10 heteroatoms. The van der Waals surface area contributed by atoms with Crippen LogP contribution in [-0.4, -0.2) is 15.9 Å². The summed E-state index contributed by atoms with van der Waals surface area (Å²) in [5.74, 6) is -1.06. The van der Waals surface area contributed by atoms with Crippen molar-refractivity contribution in [2.45, 2.75) is 6.18 Å². The van der Waals surface area contributed by atoms with E-state index in [-0.39, 0.29) is 10.8 Å². The van der Waals surface area contributed by atoms with Gasteiger partial charge >= 0.3 is 6.18 Å². The van der Waals surface area contributed by atoms with Crippen LogP contribution in [0.3, 0.4) is 0 Å². The van der Waals surface area contributed by atoms with Crippen molar-refractivity contribution >= 4 is 33.7 Å². The number of hydrogen-bond donors (Lipinski definition) is 1. The molecule has 0 spiro atoms. The summed E-state index contributed by atoms with van der Waals surface area (Å²) < 4.78 is 50.3. The number of alkyl halides is 3. The van der Waals surface area contributed by atoms with Crippen molar-refractivity contribution in [2.75, 3.05) is 5.32 Å². The second-order valence-electron chi connectivity index (χ2n) is 4.53. The van der Waals surface area contributed by atoms with E-state index >= 15 is 0 Å². The van der Waals surface area contributed by atoms with Gasteiger partial charge < -0.3 is 0 Å². The molecule has 4 nitrogen and oxygen atoms in total. The zero-order valence-corrected chi connectivity index (χ0v) is 13.2. The Labute approximate surface area is 140 Å². The van der Waals surface area contributed by atoms with E-state index in [4.69, 9.17) is 0 Å². The van der Waals surface area contributed by atoms with Crippen LogP contribution in [0.1, 0.15) is 16.2 Å². The van der Waals surface area contributed by atoms with E-state index in [0.29, 0.717) is 21.9 Å². The van der Waals surface area contributed by atoms with E-state index < -0.39 is 23.6 Å². The van der Waals surface area contributed by atoms with Crippen molar-refractivity contribution in [3.8, 4) is 10.6 Å². The van der Waals surface area contributed by atoms with Crippen LogP contribution in [0.15, 0.2) is 35.0 Å². The lowest BCUT2D eigenvalue weighted by Gasteiger charge is -2.00. The number of aromatic nitrogens is 2. The molecule has 0 saturated carbocycles. The van der Waals surface area contributed by atoms with Gasteiger partial charge in [-0.25, -0.2) is 14.4 Å². The summed E-state index contributed by atoms with van der Waals surface area (Å²) in [6.45, 7) is 0. The van der Waals surface area contributed by atoms with Gasteiger partial charge in [-0.2, -0.15) is 13.2 Å². The molecule has 0 aliphatic rings. The highest BCUT2D eigenvalue weighted by Gasteiger charge is 2.34. The summed E-state index contributed by atoms with van der Waals surface area (Å²) in [5.41, 5.74) is -0.384. The summed E-state index contributed by atoms with van der Waals surface area (Å²) in [4.78, 5) is 19.4. The Morgan fingerprint density at radius 1 is 1.04 bits per heavy atom. The summed E-state index contributed by atoms with van der Waals surface area (Å²) in [6, 6.07) is 5.58. The predicted molar refractivity (Wildman–Crippen MR) is 82.6 cm³/mol.